The van der Waals surface area contributed by atoms with Crippen molar-refractivity contribution in [3.8, 4) is 10.7 Å². The highest BCUT2D eigenvalue weighted by Crippen LogP contribution is 2.29. The van der Waals surface area contributed by atoms with E-state index >= 15 is 0 Å². The van der Waals surface area contributed by atoms with Crippen LogP contribution in [0.4, 0.5) is 5.82 Å². The van der Waals surface area contributed by atoms with E-state index in [0.29, 0.717) is 0 Å². The SMILES string of the molecule is CCCc1nc(-c2ccc(CC)s2)nc(NC)c1I. The van der Waals surface area contributed by atoms with Gasteiger partial charge in [0.05, 0.1) is 14.1 Å². The molecule has 5 heteroatoms. The fourth-order valence-electron chi connectivity index (χ4n) is 1.86. The molecule has 0 aliphatic heterocycles. The minimum Gasteiger partial charge on any atom is -0.372 e. The minimum atomic E-state index is 0.845. The van der Waals surface area contributed by atoms with Gasteiger partial charge in [0.1, 0.15) is 5.82 Å². The second kappa shape index (κ2) is 6.65. The van der Waals surface area contributed by atoms with E-state index in [1.807, 2.05) is 7.05 Å². The van der Waals surface area contributed by atoms with Gasteiger partial charge >= 0.3 is 0 Å². The van der Waals surface area contributed by atoms with E-state index < -0.39 is 0 Å². The summed E-state index contributed by atoms with van der Waals surface area (Å²) < 4.78 is 1.14. The number of hydrogen-bond donors (Lipinski definition) is 1. The Morgan fingerprint density at radius 3 is 2.63 bits per heavy atom. The summed E-state index contributed by atoms with van der Waals surface area (Å²) in [6.45, 7) is 4.35. The van der Waals surface area contributed by atoms with Crippen molar-refractivity contribution >= 4 is 39.7 Å². The summed E-state index contributed by atoms with van der Waals surface area (Å²) in [6.07, 6.45) is 3.16. The number of aromatic nitrogens is 2. The molecule has 0 spiro atoms. The second-order valence-corrected chi connectivity index (χ2v) is 6.52. The van der Waals surface area contributed by atoms with Gasteiger partial charge in [0.2, 0.25) is 0 Å². The van der Waals surface area contributed by atoms with Crippen molar-refractivity contribution in [2.24, 2.45) is 0 Å². The summed E-state index contributed by atoms with van der Waals surface area (Å²) in [5.74, 6) is 1.78. The monoisotopic (exact) mass is 387 g/mol. The van der Waals surface area contributed by atoms with Gasteiger partial charge in [-0.15, -0.1) is 11.3 Å². The molecule has 19 heavy (non-hydrogen) atoms. The lowest BCUT2D eigenvalue weighted by Crippen LogP contribution is -2.04. The quantitative estimate of drug-likeness (QED) is 0.775. The highest BCUT2D eigenvalue weighted by Gasteiger charge is 2.13. The van der Waals surface area contributed by atoms with Gasteiger partial charge in [-0.2, -0.15) is 0 Å². The Kier molecular flexibility index (Phi) is 5.15. The molecule has 2 rings (SSSR count). The molecule has 0 aromatic carbocycles. The predicted octanol–water partition coefficient (Wildman–Crippen LogP) is 4.37. The largest absolute Gasteiger partial charge is 0.372 e. The molecule has 0 saturated heterocycles. The fourth-order valence-corrected chi connectivity index (χ4v) is 3.52. The smallest absolute Gasteiger partial charge is 0.171 e. The molecular formula is C14H18IN3S. The topological polar surface area (TPSA) is 37.8 Å². The Labute approximate surface area is 132 Å². The Morgan fingerprint density at radius 1 is 1.26 bits per heavy atom. The Balaban J connectivity index is 2.47. The molecule has 102 valence electrons. The zero-order chi connectivity index (χ0) is 13.8. The number of nitrogens with zero attached hydrogens (tertiary/aromatic N) is 2. The van der Waals surface area contributed by atoms with Crippen LogP contribution in [0.3, 0.4) is 0 Å². The number of aryl methyl sites for hydroxylation is 2. The van der Waals surface area contributed by atoms with Crippen LogP contribution in [0.2, 0.25) is 0 Å². The van der Waals surface area contributed by atoms with Crippen LogP contribution in [0.15, 0.2) is 12.1 Å². The maximum Gasteiger partial charge on any atom is 0.171 e. The molecule has 0 saturated carbocycles. The van der Waals surface area contributed by atoms with E-state index in [-0.39, 0.29) is 0 Å². The van der Waals surface area contributed by atoms with Crippen LogP contribution in [-0.4, -0.2) is 17.0 Å². The summed E-state index contributed by atoms with van der Waals surface area (Å²) in [5.41, 5.74) is 1.14. The predicted molar refractivity (Wildman–Crippen MR) is 91.0 cm³/mol. The van der Waals surface area contributed by atoms with Crippen molar-refractivity contribution in [1.82, 2.24) is 9.97 Å². The maximum absolute atomic E-state index is 4.74. The van der Waals surface area contributed by atoms with Crippen LogP contribution in [-0.2, 0) is 12.8 Å². The van der Waals surface area contributed by atoms with Crippen molar-refractivity contribution in [2.75, 3.05) is 12.4 Å². The summed E-state index contributed by atoms with van der Waals surface area (Å²) >= 11 is 4.11. The Hall–Kier alpha value is -0.690. The molecule has 0 bridgehead atoms. The number of anilines is 1. The lowest BCUT2D eigenvalue weighted by atomic mass is 10.2. The molecule has 2 heterocycles. The summed E-state index contributed by atoms with van der Waals surface area (Å²) in [4.78, 5) is 11.9. The highest BCUT2D eigenvalue weighted by molar-refractivity contribution is 14.1. The number of hydrogen-bond acceptors (Lipinski definition) is 4. The Bertz CT molecular complexity index is 566. The van der Waals surface area contributed by atoms with Crippen LogP contribution in [0.1, 0.15) is 30.8 Å². The van der Waals surface area contributed by atoms with Crippen molar-refractivity contribution in [3.63, 3.8) is 0 Å². The molecule has 1 N–H and O–H groups in total. The molecule has 0 amide bonds. The molecular weight excluding hydrogens is 369 g/mol. The molecule has 0 aliphatic carbocycles. The number of nitrogens with one attached hydrogen (secondary N) is 1. The third-order valence-corrected chi connectivity index (χ3v) is 5.23. The van der Waals surface area contributed by atoms with Crippen LogP contribution >= 0.6 is 33.9 Å². The number of rotatable bonds is 5. The Morgan fingerprint density at radius 2 is 2.05 bits per heavy atom. The zero-order valence-electron chi connectivity index (χ0n) is 11.5. The summed E-state index contributed by atoms with van der Waals surface area (Å²) in [6, 6.07) is 4.29. The molecule has 2 aromatic heterocycles. The van der Waals surface area contributed by atoms with Crippen LogP contribution in [0.25, 0.3) is 10.7 Å². The lowest BCUT2D eigenvalue weighted by Gasteiger charge is -2.09. The molecule has 0 unspecified atom stereocenters. The van der Waals surface area contributed by atoms with Crippen molar-refractivity contribution in [2.45, 2.75) is 33.1 Å². The molecule has 0 radical (unpaired) electrons. The van der Waals surface area contributed by atoms with Gasteiger partial charge in [-0.05, 0) is 47.6 Å². The van der Waals surface area contributed by atoms with Gasteiger partial charge in [-0.25, -0.2) is 9.97 Å². The van der Waals surface area contributed by atoms with Gasteiger partial charge in [0.25, 0.3) is 0 Å². The van der Waals surface area contributed by atoms with E-state index in [1.54, 1.807) is 11.3 Å². The highest BCUT2D eigenvalue weighted by atomic mass is 127. The van der Waals surface area contributed by atoms with Crippen molar-refractivity contribution < 1.29 is 0 Å². The van der Waals surface area contributed by atoms with Crippen LogP contribution < -0.4 is 5.32 Å². The van der Waals surface area contributed by atoms with E-state index in [2.05, 4.69) is 58.9 Å². The van der Waals surface area contributed by atoms with Gasteiger partial charge < -0.3 is 5.32 Å². The molecule has 3 nitrogen and oxygen atoms in total. The van der Waals surface area contributed by atoms with E-state index in [1.165, 1.54) is 4.88 Å². The van der Waals surface area contributed by atoms with Gasteiger partial charge in [-0.1, -0.05) is 20.3 Å². The average Bonchev–Trinajstić information content (AvgIpc) is 2.90. The standard InChI is InChI=1S/C14H18IN3S/c1-4-6-10-12(15)14(16-3)18-13(17-10)11-8-7-9(5-2)19-11/h7-8H,4-6H2,1-3H3,(H,16,17,18). The first kappa shape index (κ1) is 14.7. The number of halogens is 1. The van der Waals surface area contributed by atoms with Gasteiger partial charge in [0, 0.05) is 11.9 Å². The molecule has 2 aromatic rings. The number of thiophene rings is 1. The lowest BCUT2D eigenvalue weighted by molar-refractivity contribution is 0.868. The maximum atomic E-state index is 4.74. The summed E-state index contributed by atoms with van der Waals surface area (Å²) in [5, 5.41) is 3.17. The van der Waals surface area contributed by atoms with Crippen LogP contribution in [0, 0.1) is 3.57 Å². The fraction of sp³-hybridized carbons (Fsp3) is 0.429. The first-order valence-electron chi connectivity index (χ1n) is 6.52. The average molecular weight is 387 g/mol. The van der Waals surface area contributed by atoms with E-state index in [4.69, 9.17) is 4.98 Å². The van der Waals surface area contributed by atoms with Crippen molar-refractivity contribution in [3.05, 3.63) is 26.3 Å². The molecule has 0 fully saturated rings. The first-order valence-corrected chi connectivity index (χ1v) is 8.42. The summed E-state index contributed by atoms with van der Waals surface area (Å²) in [7, 11) is 1.91. The van der Waals surface area contributed by atoms with E-state index in [9.17, 15) is 0 Å². The zero-order valence-corrected chi connectivity index (χ0v) is 14.4. The van der Waals surface area contributed by atoms with Gasteiger partial charge in [-0.3, -0.25) is 0 Å². The normalized spacial score (nSPS) is 10.7. The van der Waals surface area contributed by atoms with Crippen molar-refractivity contribution in [1.29, 1.82) is 0 Å². The molecule has 0 atom stereocenters. The van der Waals surface area contributed by atoms with Crippen LogP contribution in [0.5, 0.6) is 0 Å². The third-order valence-electron chi connectivity index (χ3n) is 2.87. The third kappa shape index (κ3) is 3.25. The van der Waals surface area contributed by atoms with Gasteiger partial charge in [0.15, 0.2) is 5.82 Å². The second-order valence-electron chi connectivity index (χ2n) is 4.28. The van der Waals surface area contributed by atoms with E-state index in [0.717, 1.165) is 45.0 Å². The first-order chi connectivity index (χ1) is 9.19. The molecule has 0 aliphatic rings. The minimum absolute atomic E-state index is 0.845.